The van der Waals surface area contributed by atoms with Gasteiger partial charge in [0.1, 0.15) is 18.2 Å². The maximum absolute atomic E-state index is 12.6. The molecule has 0 unspecified atom stereocenters. The Kier molecular flexibility index (Phi) is 7.70. The van der Waals surface area contributed by atoms with Crippen LogP contribution in [0.4, 0.5) is 5.69 Å². The summed E-state index contributed by atoms with van der Waals surface area (Å²) in [7, 11) is 1.50. The second-order valence-electron chi connectivity index (χ2n) is 7.06. The third-order valence-corrected chi connectivity index (χ3v) is 5.22. The van der Waals surface area contributed by atoms with E-state index >= 15 is 0 Å². The third-order valence-electron chi connectivity index (χ3n) is 4.81. The molecule has 0 saturated carbocycles. The van der Waals surface area contributed by atoms with E-state index < -0.39 is 5.91 Å². The van der Waals surface area contributed by atoms with Gasteiger partial charge in [-0.25, -0.2) is 0 Å². The largest absolute Gasteiger partial charge is 0.493 e. The Labute approximate surface area is 197 Å². The molecule has 6 nitrogen and oxygen atoms in total. The minimum atomic E-state index is -0.551. The Bertz CT molecular complexity index is 1300. The molecular weight excluding hydrogens is 438 g/mol. The van der Waals surface area contributed by atoms with Crippen molar-refractivity contribution in [2.45, 2.75) is 13.5 Å². The van der Waals surface area contributed by atoms with Crippen molar-refractivity contribution in [1.82, 2.24) is 0 Å². The number of halogens is 1. The van der Waals surface area contributed by atoms with E-state index in [1.807, 2.05) is 25.1 Å². The zero-order valence-corrected chi connectivity index (χ0v) is 18.8. The van der Waals surface area contributed by atoms with Gasteiger partial charge in [-0.05, 0) is 54.5 Å². The first-order chi connectivity index (χ1) is 15.9. The molecule has 0 aliphatic carbocycles. The number of hydrogen-bond acceptors (Lipinski definition) is 5. The molecule has 0 saturated heterocycles. The fourth-order valence-electron chi connectivity index (χ4n) is 2.99. The molecule has 0 bridgehead atoms. The molecule has 0 heterocycles. The number of nitrogens with zero attached hydrogens (tertiary/aromatic N) is 2. The summed E-state index contributed by atoms with van der Waals surface area (Å²) in [5, 5.41) is 21.9. The topological polar surface area (TPSA) is 95.1 Å². The zero-order chi connectivity index (χ0) is 23.8. The summed E-state index contributed by atoms with van der Waals surface area (Å²) in [6.45, 7) is 2.05. The molecule has 0 aliphatic rings. The number of aryl methyl sites for hydroxylation is 1. The summed E-state index contributed by atoms with van der Waals surface area (Å²) in [6, 6.07) is 21.4. The molecule has 0 fully saturated rings. The number of amides is 1. The van der Waals surface area contributed by atoms with Gasteiger partial charge < -0.3 is 14.8 Å². The highest BCUT2D eigenvalue weighted by Crippen LogP contribution is 2.30. The fourth-order valence-corrected chi connectivity index (χ4v) is 3.17. The molecule has 0 atom stereocenters. The monoisotopic (exact) mass is 457 g/mol. The first kappa shape index (κ1) is 23.4. The van der Waals surface area contributed by atoms with Gasteiger partial charge in [0, 0.05) is 16.3 Å². The lowest BCUT2D eigenvalue weighted by atomic mass is 10.1. The highest BCUT2D eigenvalue weighted by atomic mass is 35.5. The number of carbonyl (C=O) groups excluding carboxylic acids is 1. The smallest absolute Gasteiger partial charge is 0.266 e. The van der Waals surface area contributed by atoms with E-state index in [9.17, 15) is 15.3 Å². The van der Waals surface area contributed by atoms with Crippen molar-refractivity contribution in [2.75, 3.05) is 12.4 Å². The van der Waals surface area contributed by atoms with E-state index in [1.54, 1.807) is 48.5 Å². The Hall–Kier alpha value is -4.26. The number of methoxy groups -OCH3 is 1. The van der Waals surface area contributed by atoms with Crippen molar-refractivity contribution >= 4 is 29.3 Å². The van der Waals surface area contributed by atoms with Gasteiger partial charge in [0.15, 0.2) is 11.5 Å². The predicted molar refractivity (Wildman–Crippen MR) is 127 cm³/mol. The highest BCUT2D eigenvalue weighted by Gasteiger charge is 2.12. The van der Waals surface area contributed by atoms with Crippen LogP contribution in [0.1, 0.15) is 22.3 Å². The van der Waals surface area contributed by atoms with E-state index in [1.165, 1.54) is 13.2 Å². The fraction of sp³-hybridized carbons (Fsp3) is 0.115. The van der Waals surface area contributed by atoms with Crippen LogP contribution in [0.5, 0.6) is 11.5 Å². The van der Waals surface area contributed by atoms with Crippen LogP contribution >= 0.6 is 11.6 Å². The van der Waals surface area contributed by atoms with E-state index in [-0.39, 0.29) is 12.2 Å². The molecule has 0 radical (unpaired) electrons. The number of nitriles is 2. The maximum atomic E-state index is 12.6. The van der Waals surface area contributed by atoms with Gasteiger partial charge in [0.25, 0.3) is 5.91 Å². The molecule has 3 rings (SSSR count). The number of anilines is 1. The van der Waals surface area contributed by atoms with Crippen molar-refractivity contribution in [3.05, 3.63) is 93.5 Å². The van der Waals surface area contributed by atoms with Crippen LogP contribution < -0.4 is 14.8 Å². The standard InChI is InChI=1S/C26H20ClN3O3/c1-17-7-9-22(13-23(17)27)30-26(31)21(15-29)11-18-8-10-24(25(12-18)32-2)33-16-20-6-4-3-5-19(20)14-28/h3-13H,16H2,1-2H3,(H,30,31). The van der Waals surface area contributed by atoms with Crippen molar-refractivity contribution in [2.24, 2.45) is 0 Å². The average molecular weight is 458 g/mol. The van der Waals surface area contributed by atoms with Gasteiger partial charge in [-0.2, -0.15) is 10.5 Å². The normalized spacial score (nSPS) is 10.6. The van der Waals surface area contributed by atoms with Crippen LogP contribution in [0.2, 0.25) is 5.02 Å². The predicted octanol–water partition coefficient (Wildman–Crippen LogP) is 5.65. The summed E-state index contributed by atoms with van der Waals surface area (Å²) in [5.41, 5.74) is 3.18. The van der Waals surface area contributed by atoms with E-state index in [0.717, 1.165) is 11.1 Å². The highest BCUT2D eigenvalue weighted by molar-refractivity contribution is 6.31. The van der Waals surface area contributed by atoms with Gasteiger partial charge in [0.2, 0.25) is 0 Å². The molecule has 3 aromatic carbocycles. The summed E-state index contributed by atoms with van der Waals surface area (Å²) in [4.78, 5) is 12.6. The summed E-state index contributed by atoms with van der Waals surface area (Å²) < 4.78 is 11.2. The molecule has 33 heavy (non-hydrogen) atoms. The Morgan fingerprint density at radius 1 is 1.09 bits per heavy atom. The Balaban J connectivity index is 1.77. The van der Waals surface area contributed by atoms with E-state index in [2.05, 4.69) is 11.4 Å². The van der Waals surface area contributed by atoms with Crippen molar-refractivity contribution in [1.29, 1.82) is 10.5 Å². The summed E-state index contributed by atoms with van der Waals surface area (Å²) in [6.07, 6.45) is 1.46. The number of nitrogens with one attached hydrogen (secondary N) is 1. The number of rotatable bonds is 7. The van der Waals surface area contributed by atoms with E-state index in [4.69, 9.17) is 21.1 Å². The number of ether oxygens (including phenoxy) is 2. The lowest BCUT2D eigenvalue weighted by Crippen LogP contribution is -2.13. The molecule has 0 spiro atoms. The summed E-state index contributed by atoms with van der Waals surface area (Å²) >= 11 is 6.10. The molecule has 3 aromatic rings. The van der Waals surface area contributed by atoms with Gasteiger partial charge in [0.05, 0.1) is 18.7 Å². The van der Waals surface area contributed by atoms with Crippen molar-refractivity contribution in [3.63, 3.8) is 0 Å². The minimum Gasteiger partial charge on any atom is -0.493 e. The van der Waals surface area contributed by atoms with Gasteiger partial charge >= 0.3 is 0 Å². The molecule has 1 amide bonds. The average Bonchev–Trinajstić information content (AvgIpc) is 2.83. The lowest BCUT2D eigenvalue weighted by Gasteiger charge is -2.12. The van der Waals surface area contributed by atoms with Crippen LogP contribution in [0.15, 0.2) is 66.2 Å². The second kappa shape index (κ2) is 10.9. The van der Waals surface area contributed by atoms with Crippen LogP contribution in [0.3, 0.4) is 0 Å². The molecule has 0 aliphatic heterocycles. The van der Waals surface area contributed by atoms with Crippen molar-refractivity contribution < 1.29 is 14.3 Å². The van der Waals surface area contributed by atoms with Crippen molar-refractivity contribution in [3.8, 4) is 23.6 Å². The molecule has 0 aromatic heterocycles. The first-order valence-electron chi connectivity index (χ1n) is 9.93. The Morgan fingerprint density at radius 2 is 1.88 bits per heavy atom. The van der Waals surface area contributed by atoms with Crippen LogP contribution in [0, 0.1) is 29.6 Å². The quantitative estimate of drug-likeness (QED) is 0.365. The number of benzene rings is 3. The molecule has 164 valence electrons. The number of carbonyl (C=O) groups is 1. The van der Waals surface area contributed by atoms with E-state index in [0.29, 0.717) is 33.3 Å². The SMILES string of the molecule is COc1cc(C=C(C#N)C(=O)Nc2ccc(C)c(Cl)c2)ccc1OCc1ccccc1C#N. The van der Waals surface area contributed by atoms with Gasteiger partial charge in [-0.3, -0.25) is 4.79 Å². The lowest BCUT2D eigenvalue weighted by molar-refractivity contribution is -0.112. The van der Waals surface area contributed by atoms with Gasteiger partial charge in [-0.1, -0.05) is 41.9 Å². The van der Waals surface area contributed by atoms with Crippen LogP contribution in [-0.4, -0.2) is 13.0 Å². The maximum Gasteiger partial charge on any atom is 0.266 e. The van der Waals surface area contributed by atoms with Crippen LogP contribution in [0.25, 0.3) is 6.08 Å². The second-order valence-corrected chi connectivity index (χ2v) is 7.46. The zero-order valence-electron chi connectivity index (χ0n) is 18.1. The number of hydrogen-bond donors (Lipinski definition) is 1. The Morgan fingerprint density at radius 3 is 2.58 bits per heavy atom. The summed E-state index contributed by atoms with van der Waals surface area (Å²) in [5.74, 6) is 0.352. The molecule has 1 N–H and O–H groups in total. The third kappa shape index (κ3) is 5.92. The van der Waals surface area contributed by atoms with Crippen LogP contribution in [-0.2, 0) is 11.4 Å². The van der Waals surface area contributed by atoms with Gasteiger partial charge in [-0.15, -0.1) is 0 Å². The minimum absolute atomic E-state index is 0.0784. The molecule has 7 heteroatoms. The molecular formula is C26H20ClN3O3. The first-order valence-corrected chi connectivity index (χ1v) is 10.3.